The Hall–Kier alpha value is 0.500. The van der Waals surface area contributed by atoms with Gasteiger partial charge in [0.1, 0.15) is 0 Å². The quantitative estimate of drug-likeness (QED) is 0.590. The van der Waals surface area contributed by atoms with Crippen molar-refractivity contribution in [2.45, 2.75) is 41.5 Å². The molecule has 2 N–H and O–H groups in total. The molecule has 0 saturated heterocycles. The summed E-state index contributed by atoms with van der Waals surface area (Å²) in [5.41, 5.74) is 7.17. The molecule has 0 aromatic carbocycles. The van der Waals surface area contributed by atoms with Gasteiger partial charge in [-0.05, 0) is 10.8 Å². The van der Waals surface area contributed by atoms with E-state index in [0.29, 0.717) is 10.8 Å². The van der Waals surface area contributed by atoms with Crippen molar-refractivity contribution in [3.63, 3.8) is 0 Å². The van der Waals surface area contributed by atoms with Gasteiger partial charge in [0.05, 0.1) is 0 Å². The van der Waals surface area contributed by atoms with Crippen LogP contribution in [0.1, 0.15) is 41.5 Å². The van der Waals surface area contributed by atoms with Crippen molar-refractivity contribution in [3.05, 3.63) is 0 Å². The van der Waals surface area contributed by atoms with Gasteiger partial charge in [-0.2, -0.15) is 0 Å². The molecular weight excluding hydrogens is 219 g/mol. The summed E-state index contributed by atoms with van der Waals surface area (Å²) in [6.45, 7) is 15.3. The predicted octanol–water partition coefficient (Wildman–Crippen LogP) is 3.02. The van der Waals surface area contributed by atoms with Gasteiger partial charge in [-0.25, -0.2) is 0 Å². The van der Waals surface area contributed by atoms with Crippen LogP contribution in [0.25, 0.3) is 0 Å². The first-order chi connectivity index (χ1) is 5.21. The zero-order valence-corrected chi connectivity index (χ0v) is 11.9. The van der Waals surface area contributed by atoms with Gasteiger partial charge in [-0.3, -0.25) is 10.9 Å². The lowest BCUT2D eigenvalue weighted by Crippen LogP contribution is -2.42. The molecule has 0 aromatic heterocycles. The third-order valence-electron chi connectivity index (χ3n) is 1.36. The zero-order valence-electron chi connectivity index (χ0n) is 10.2. The summed E-state index contributed by atoms with van der Waals surface area (Å²) < 4.78 is 0. The van der Waals surface area contributed by atoms with Gasteiger partial charge in [-0.1, -0.05) is 41.5 Å². The fourth-order valence-electron chi connectivity index (χ4n) is 0.655. The largest absolute Gasteiger partial charge is 0.257 e. The van der Waals surface area contributed by atoms with Crippen LogP contribution >= 0.6 is 24.8 Å². The molecule has 0 saturated carbocycles. The molecule has 0 aliphatic heterocycles. The van der Waals surface area contributed by atoms with Gasteiger partial charge in [0.2, 0.25) is 0 Å². The summed E-state index contributed by atoms with van der Waals surface area (Å²) in [7, 11) is 0. The van der Waals surface area contributed by atoms with Crippen molar-refractivity contribution < 1.29 is 0 Å². The highest BCUT2D eigenvalue weighted by molar-refractivity contribution is 5.85. The van der Waals surface area contributed by atoms with E-state index < -0.39 is 0 Å². The summed E-state index contributed by atoms with van der Waals surface area (Å²) in [6, 6.07) is 0. The first kappa shape index (κ1) is 20.0. The standard InChI is InChI=1S/C10H24N2.2ClH/c1-9(2,3)7-11-12-8-10(4,5)6;;/h11-12H,7-8H2,1-6H3;2*1H. The van der Waals surface area contributed by atoms with Crippen LogP contribution in [0.2, 0.25) is 0 Å². The maximum Gasteiger partial charge on any atom is 0.0148 e. The van der Waals surface area contributed by atoms with Crippen LogP contribution in [0.15, 0.2) is 0 Å². The van der Waals surface area contributed by atoms with E-state index in [1.807, 2.05) is 0 Å². The number of rotatable bonds is 3. The lowest BCUT2D eigenvalue weighted by Gasteiger charge is -2.23. The third kappa shape index (κ3) is 18.3. The Labute approximate surface area is 101 Å². The Morgan fingerprint density at radius 2 is 0.857 bits per heavy atom. The topological polar surface area (TPSA) is 24.1 Å². The first-order valence-electron chi connectivity index (χ1n) is 4.66. The number of halogens is 2. The molecule has 0 aromatic rings. The summed E-state index contributed by atoms with van der Waals surface area (Å²) in [4.78, 5) is 0. The molecule has 0 rings (SSSR count). The van der Waals surface area contributed by atoms with E-state index in [9.17, 15) is 0 Å². The molecule has 0 fully saturated rings. The second kappa shape index (κ2) is 7.75. The Morgan fingerprint density at radius 3 is 1.00 bits per heavy atom. The minimum Gasteiger partial charge on any atom is -0.257 e. The van der Waals surface area contributed by atoms with Crippen LogP contribution in [-0.4, -0.2) is 13.1 Å². The summed E-state index contributed by atoms with van der Waals surface area (Å²) in [5.74, 6) is 0. The highest BCUT2D eigenvalue weighted by atomic mass is 35.5. The van der Waals surface area contributed by atoms with Crippen LogP contribution in [0, 0.1) is 10.8 Å². The van der Waals surface area contributed by atoms with Crippen molar-refractivity contribution in [2.75, 3.05) is 13.1 Å². The molecule has 14 heavy (non-hydrogen) atoms. The molecule has 0 bridgehead atoms. The van der Waals surface area contributed by atoms with Crippen LogP contribution in [0.5, 0.6) is 0 Å². The van der Waals surface area contributed by atoms with Crippen molar-refractivity contribution in [2.24, 2.45) is 10.8 Å². The fraction of sp³-hybridized carbons (Fsp3) is 1.00. The number of nitrogens with one attached hydrogen (secondary N) is 2. The molecule has 0 radical (unpaired) electrons. The average molecular weight is 245 g/mol. The average Bonchev–Trinajstić information content (AvgIpc) is 1.76. The fourth-order valence-corrected chi connectivity index (χ4v) is 0.655. The predicted molar refractivity (Wildman–Crippen MR) is 69.4 cm³/mol. The van der Waals surface area contributed by atoms with E-state index in [0.717, 1.165) is 13.1 Å². The van der Waals surface area contributed by atoms with Gasteiger partial charge in [0.25, 0.3) is 0 Å². The molecule has 0 unspecified atom stereocenters. The van der Waals surface area contributed by atoms with Crippen molar-refractivity contribution in [3.8, 4) is 0 Å². The Bertz CT molecular complexity index is 109. The molecule has 90 valence electrons. The molecule has 0 heterocycles. The number of hydrogen-bond acceptors (Lipinski definition) is 2. The van der Waals surface area contributed by atoms with E-state index in [4.69, 9.17) is 0 Å². The lowest BCUT2D eigenvalue weighted by atomic mass is 9.96. The summed E-state index contributed by atoms with van der Waals surface area (Å²) >= 11 is 0. The molecule has 4 heteroatoms. The first-order valence-corrected chi connectivity index (χ1v) is 4.66. The summed E-state index contributed by atoms with van der Waals surface area (Å²) in [6.07, 6.45) is 0. The molecule has 0 aliphatic carbocycles. The van der Waals surface area contributed by atoms with Crippen LogP contribution in [-0.2, 0) is 0 Å². The van der Waals surface area contributed by atoms with E-state index in [1.165, 1.54) is 0 Å². The highest BCUT2D eigenvalue weighted by Crippen LogP contribution is 2.11. The zero-order chi connectivity index (χ0) is 9.83. The van der Waals surface area contributed by atoms with Crippen LogP contribution < -0.4 is 10.9 Å². The highest BCUT2D eigenvalue weighted by Gasteiger charge is 2.11. The Morgan fingerprint density at radius 1 is 0.643 bits per heavy atom. The van der Waals surface area contributed by atoms with E-state index >= 15 is 0 Å². The van der Waals surface area contributed by atoms with Gasteiger partial charge >= 0.3 is 0 Å². The van der Waals surface area contributed by atoms with Crippen LogP contribution in [0.4, 0.5) is 0 Å². The maximum atomic E-state index is 3.23. The second-order valence-corrected chi connectivity index (χ2v) is 5.83. The van der Waals surface area contributed by atoms with Gasteiger partial charge in [0, 0.05) is 13.1 Å². The SMILES string of the molecule is CC(C)(C)CNNCC(C)(C)C.Cl.Cl. The molecule has 0 aliphatic rings. The van der Waals surface area contributed by atoms with Gasteiger partial charge in [-0.15, -0.1) is 24.8 Å². The Kier molecular flexibility index (Phi) is 11.1. The van der Waals surface area contributed by atoms with Gasteiger partial charge in [0.15, 0.2) is 0 Å². The Balaban J connectivity index is -0.000000605. The normalized spacial score (nSPS) is 11.6. The smallest absolute Gasteiger partial charge is 0.0148 e. The number of hydrazine groups is 1. The third-order valence-corrected chi connectivity index (χ3v) is 1.36. The molecule has 2 nitrogen and oxygen atoms in total. The minimum atomic E-state index is 0. The van der Waals surface area contributed by atoms with E-state index in [1.54, 1.807) is 0 Å². The van der Waals surface area contributed by atoms with E-state index in [-0.39, 0.29) is 24.8 Å². The maximum absolute atomic E-state index is 3.23. The lowest BCUT2D eigenvalue weighted by molar-refractivity contribution is 0.303. The van der Waals surface area contributed by atoms with Gasteiger partial charge < -0.3 is 0 Å². The van der Waals surface area contributed by atoms with Crippen molar-refractivity contribution >= 4 is 24.8 Å². The molecule has 0 spiro atoms. The van der Waals surface area contributed by atoms with E-state index in [2.05, 4.69) is 52.4 Å². The monoisotopic (exact) mass is 244 g/mol. The van der Waals surface area contributed by atoms with Crippen LogP contribution in [0.3, 0.4) is 0 Å². The van der Waals surface area contributed by atoms with Crippen molar-refractivity contribution in [1.82, 2.24) is 10.9 Å². The molecular formula is C10H26Cl2N2. The number of hydrogen-bond donors (Lipinski definition) is 2. The van der Waals surface area contributed by atoms with Crippen molar-refractivity contribution in [1.29, 1.82) is 0 Å². The molecule has 0 amide bonds. The minimum absolute atomic E-state index is 0. The molecule has 0 atom stereocenters. The summed E-state index contributed by atoms with van der Waals surface area (Å²) in [5, 5.41) is 0. The second-order valence-electron chi connectivity index (χ2n) is 5.83.